The number of amides is 2. The summed E-state index contributed by atoms with van der Waals surface area (Å²) in [5, 5.41) is 11.6. The number of nitrogens with zero attached hydrogens (tertiary/aromatic N) is 2. The van der Waals surface area contributed by atoms with Gasteiger partial charge in [0, 0.05) is 16.7 Å². The van der Waals surface area contributed by atoms with E-state index in [4.69, 9.17) is 4.52 Å². The second-order valence-electron chi connectivity index (χ2n) is 8.26. The molecule has 2 heterocycles. The van der Waals surface area contributed by atoms with Gasteiger partial charge in [0.05, 0.1) is 10.4 Å². The lowest BCUT2D eigenvalue weighted by molar-refractivity contribution is 0.0907. The van der Waals surface area contributed by atoms with Crippen molar-refractivity contribution in [2.75, 3.05) is 5.32 Å². The Kier molecular flexibility index (Phi) is 5.57. The van der Waals surface area contributed by atoms with Gasteiger partial charge in [-0.1, -0.05) is 32.0 Å². The van der Waals surface area contributed by atoms with Gasteiger partial charge in [0.2, 0.25) is 5.89 Å². The summed E-state index contributed by atoms with van der Waals surface area (Å²) in [5.74, 6) is 0.481. The maximum Gasteiger partial charge on any atom is 0.265 e. The third-order valence-electron chi connectivity index (χ3n) is 4.20. The lowest BCUT2D eigenvalue weighted by atomic mass is 9.96. The maximum absolute atomic E-state index is 12.7. The summed E-state index contributed by atoms with van der Waals surface area (Å²) in [6.45, 7) is 9.58. The number of rotatable bonds is 5. The van der Waals surface area contributed by atoms with E-state index >= 15 is 0 Å². The molecule has 0 aliphatic heterocycles. The minimum absolute atomic E-state index is 0.176. The molecule has 0 aliphatic rings. The molecule has 0 fully saturated rings. The third-order valence-corrected chi connectivity index (χ3v) is 5.07. The van der Waals surface area contributed by atoms with Crippen LogP contribution in [-0.4, -0.2) is 22.0 Å². The van der Waals surface area contributed by atoms with Gasteiger partial charge in [0.1, 0.15) is 0 Å². The summed E-state index contributed by atoms with van der Waals surface area (Å²) < 4.78 is 5.33. The lowest BCUT2D eigenvalue weighted by Gasteiger charge is -2.22. The number of hydrogen-bond acceptors (Lipinski definition) is 6. The Morgan fingerprint density at radius 2 is 1.69 bits per heavy atom. The van der Waals surface area contributed by atoms with Crippen molar-refractivity contribution in [3.05, 3.63) is 63.9 Å². The molecule has 29 heavy (non-hydrogen) atoms. The molecule has 2 aromatic heterocycles. The summed E-state index contributed by atoms with van der Waals surface area (Å²) in [6.07, 6.45) is 0. The van der Waals surface area contributed by atoms with E-state index in [9.17, 15) is 9.59 Å². The average Bonchev–Trinajstić information content (AvgIpc) is 3.33. The average molecular weight is 413 g/mol. The fourth-order valence-corrected chi connectivity index (χ4v) is 3.12. The number of carbonyl (C=O) groups excluding carboxylic acids is 2. The molecule has 0 atom stereocenters. The summed E-state index contributed by atoms with van der Waals surface area (Å²) in [4.78, 5) is 29.8. The molecule has 8 heteroatoms. The van der Waals surface area contributed by atoms with E-state index in [1.54, 1.807) is 30.3 Å². The second-order valence-corrected chi connectivity index (χ2v) is 9.21. The first kappa shape index (κ1) is 20.7. The fraction of sp³-hybridized carbons (Fsp3) is 0.333. The maximum atomic E-state index is 12.7. The minimum Gasteiger partial charge on any atom is -0.340 e. The van der Waals surface area contributed by atoms with E-state index in [1.807, 2.05) is 46.1 Å². The third kappa shape index (κ3) is 4.89. The summed E-state index contributed by atoms with van der Waals surface area (Å²) in [7, 11) is 0. The molecule has 2 N–H and O–H groups in total. The smallest absolute Gasteiger partial charge is 0.265 e. The van der Waals surface area contributed by atoms with Crippen molar-refractivity contribution in [1.29, 1.82) is 0 Å². The first-order valence-electron chi connectivity index (χ1n) is 9.18. The van der Waals surface area contributed by atoms with Crippen molar-refractivity contribution in [2.24, 2.45) is 0 Å². The van der Waals surface area contributed by atoms with Gasteiger partial charge in [-0.05, 0) is 49.6 Å². The molecular formula is C21H24N4O3S. The van der Waals surface area contributed by atoms with Crippen molar-refractivity contribution in [3.8, 4) is 0 Å². The number of aromatic nitrogens is 2. The SMILES string of the molecule is CC(C)(C)c1nc(C(C)(C)NC(=O)c2ccc(NC(=O)c3cccs3)cc2)no1. The molecule has 0 radical (unpaired) electrons. The zero-order valence-corrected chi connectivity index (χ0v) is 17.9. The van der Waals surface area contributed by atoms with Gasteiger partial charge in [-0.3, -0.25) is 9.59 Å². The molecule has 0 saturated heterocycles. The zero-order chi connectivity index (χ0) is 21.2. The fourth-order valence-electron chi connectivity index (χ4n) is 2.50. The quantitative estimate of drug-likeness (QED) is 0.649. The van der Waals surface area contributed by atoms with Crippen molar-refractivity contribution >= 4 is 28.8 Å². The Morgan fingerprint density at radius 3 is 2.24 bits per heavy atom. The van der Waals surface area contributed by atoms with Crippen LogP contribution in [0.5, 0.6) is 0 Å². The number of thiophene rings is 1. The predicted octanol–water partition coefficient (Wildman–Crippen LogP) is 4.35. The number of anilines is 1. The van der Waals surface area contributed by atoms with E-state index in [-0.39, 0.29) is 17.2 Å². The van der Waals surface area contributed by atoms with Gasteiger partial charge in [0.25, 0.3) is 11.8 Å². The van der Waals surface area contributed by atoms with E-state index in [1.165, 1.54) is 11.3 Å². The predicted molar refractivity (Wildman–Crippen MR) is 112 cm³/mol. The van der Waals surface area contributed by atoms with E-state index < -0.39 is 5.54 Å². The largest absolute Gasteiger partial charge is 0.340 e. The summed E-state index contributed by atoms with van der Waals surface area (Å²) >= 11 is 1.37. The molecule has 0 saturated carbocycles. The molecule has 0 unspecified atom stereocenters. The highest BCUT2D eigenvalue weighted by Gasteiger charge is 2.31. The molecule has 0 aliphatic carbocycles. The lowest BCUT2D eigenvalue weighted by Crippen LogP contribution is -2.42. The van der Waals surface area contributed by atoms with Gasteiger partial charge >= 0.3 is 0 Å². The second kappa shape index (κ2) is 7.79. The van der Waals surface area contributed by atoms with Crippen LogP contribution in [0.4, 0.5) is 5.69 Å². The molecule has 3 aromatic rings. The van der Waals surface area contributed by atoms with Crippen LogP contribution in [0.15, 0.2) is 46.3 Å². The van der Waals surface area contributed by atoms with Gasteiger partial charge in [0.15, 0.2) is 5.82 Å². The standard InChI is InChI=1S/C21H24N4O3S/c1-20(2,3)19-23-18(25-28-19)21(4,5)24-16(26)13-8-10-14(11-9-13)22-17(27)15-7-6-12-29-15/h6-12H,1-5H3,(H,22,27)(H,24,26). The van der Waals surface area contributed by atoms with Crippen molar-refractivity contribution < 1.29 is 14.1 Å². The highest BCUT2D eigenvalue weighted by Crippen LogP contribution is 2.24. The highest BCUT2D eigenvalue weighted by molar-refractivity contribution is 7.12. The Labute approximate surface area is 173 Å². The Morgan fingerprint density at radius 1 is 1.00 bits per heavy atom. The molecule has 152 valence electrons. The van der Waals surface area contributed by atoms with Gasteiger partial charge < -0.3 is 15.2 Å². The normalized spacial score (nSPS) is 11.9. The molecule has 3 rings (SSSR count). The molecule has 0 bridgehead atoms. The van der Waals surface area contributed by atoms with Crippen molar-refractivity contribution in [3.63, 3.8) is 0 Å². The van der Waals surface area contributed by atoms with Gasteiger partial charge in [-0.2, -0.15) is 4.98 Å². The Balaban J connectivity index is 1.67. The van der Waals surface area contributed by atoms with E-state index in [2.05, 4.69) is 20.8 Å². The molecule has 0 spiro atoms. The number of carbonyl (C=O) groups is 2. The zero-order valence-electron chi connectivity index (χ0n) is 17.1. The van der Waals surface area contributed by atoms with Crippen LogP contribution in [-0.2, 0) is 11.0 Å². The van der Waals surface area contributed by atoms with Gasteiger partial charge in [-0.25, -0.2) is 0 Å². The number of hydrogen-bond donors (Lipinski definition) is 2. The molecule has 7 nitrogen and oxygen atoms in total. The van der Waals surface area contributed by atoms with Crippen LogP contribution in [0.1, 0.15) is 66.4 Å². The monoisotopic (exact) mass is 412 g/mol. The number of benzene rings is 1. The Bertz CT molecular complexity index is 999. The molecule has 1 aromatic carbocycles. The van der Waals surface area contributed by atoms with Crippen molar-refractivity contribution in [2.45, 2.75) is 45.6 Å². The van der Waals surface area contributed by atoms with Crippen LogP contribution >= 0.6 is 11.3 Å². The van der Waals surface area contributed by atoms with Crippen LogP contribution in [0.3, 0.4) is 0 Å². The van der Waals surface area contributed by atoms with E-state index in [0.717, 1.165) is 0 Å². The molecular weight excluding hydrogens is 388 g/mol. The van der Waals surface area contributed by atoms with Crippen LogP contribution in [0, 0.1) is 0 Å². The van der Waals surface area contributed by atoms with Crippen LogP contribution < -0.4 is 10.6 Å². The highest BCUT2D eigenvalue weighted by atomic mass is 32.1. The summed E-state index contributed by atoms with van der Waals surface area (Å²) in [6, 6.07) is 10.3. The molecule has 2 amide bonds. The van der Waals surface area contributed by atoms with Gasteiger partial charge in [-0.15, -0.1) is 11.3 Å². The Hall–Kier alpha value is -3.00. The topological polar surface area (TPSA) is 97.1 Å². The van der Waals surface area contributed by atoms with Crippen molar-refractivity contribution in [1.82, 2.24) is 15.5 Å². The van der Waals surface area contributed by atoms with Crippen LogP contribution in [0.25, 0.3) is 0 Å². The number of nitrogens with one attached hydrogen (secondary N) is 2. The first-order chi connectivity index (χ1) is 13.6. The van der Waals surface area contributed by atoms with Crippen LogP contribution in [0.2, 0.25) is 0 Å². The minimum atomic E-state index is -0.809. The first-order valence-corrected chi connectivity index (χ1v) is 10.1. The summed E-state index contributed by atoms with van der Waals surface area (Å²) in [5.41, 5.74) is 0.00383. The van der Waals surface area contributed by atoms with E-state index in [0.29, 0.717) is 27.8 Å².